The molecule has 6 nitrogen and oxygen atoms in total. The number of nitrogens with one attached hydrogen (secondary N) is 1. The van der Waals surface area contributed by atoms with Gasteiger partial charge < -0.3 is 14.4 Å². The minimum absolute atomic E-state index is 0.238. The van der Waals surface area contributed by atoms with Crippen molar-refractivity contribution in [3.63, 3.8) is 0 Å². The summed E-state index contributed by atoms with van der Waals surface area (Å²) in [7, 11) is 0. The van der Waals surface area contributed by atoms with Crippen molar-refractivity contribution in [1.82, 2.24) is 5.43 Å². The van der Waals surface area contributed by atoms with E-state index in [2.05, 4.69) is 29.3 Å². The Kier molecular flexibility index (Phi) is 5.96. The molecule has 0 fully saturated rings. The molecule has 0 saturated carbocycles. The lowest BCUT2D eigenvalue weighted by Gasteiger charge is -2.20. The van der Waals surface area contributed by atoms with E-state index in [0.29, 0.717) is 30.2 Å². The lowest BCUT2D eigenvalue weighted by molar-refractivity contribution is 0.0955. The maximum Gasteiger partial charge on any atom is 0.271 e. The van der Waals surface area contributed by atoms with Crippen LogP contribution in [-0.4, -0.2) is 37.9 Å². The van der Waals surface area contributed by atoms with E-state index >= 15 is 0 Å². The fourth-order valence-electron chi connectivity index (χ4n) is 2.94. The summed E-state index contributed by atoms with van der Waals surface area (Å²) in [5.41, 5.74) is 5.86. The predicted octanol–water partition coefficient (Wildman–Crippen LogP) is 3.46. The molecule has 142 valence electrons. The fourth-order valence-corrected chi connectivity index (χ4v) is 2.94. The number of hydrogen-bond acceptors (Lipinski definition) is 5. The van der Waals surface area contributed by atoms with E-state index < -0.39 is 0 Å². The molecule has 2 aromatic carbocycles. The van der Waals surface area contributed by atoms with Crippen LogP contribution in [0.3, 0.4) is 0 Å². The first-order valence-electron chi connectivity index (χ1n) is 9.22. The largest absolute Gasteiger partial charge is 0.486 e. The van der Waals surface area contributed by atoms with E-state index in [1.807, 2.05) is 49.4 Å². The van der Waals surface area contributed by atoms with Crippen molar-refractivity contribution in [3.05, 3.63) is 53.6 Å². The van der Waals surface area contributed by atoms with Gasteiger partial charge in [0.25, 0.3) is 5.91 Å². The molecule has 0 spiro atoms. The van der Waals surface area contributed by atoms with E-state index in [9.17, 15) is 4.79 Å². The molecule has 0 radical (unpaired) electrons. The predicted molar refractivity (Wildman–Crippen MR) is 107 cm³/mol. The molecule has 27 heavy (non-hydrogen) atoms. The second kappa shape index (κ2) is 8.58. The van der Waals surface area contributed by atoms with E-state index in [1.165, 1.54) is 0 Å². The zero-order valence-electron chi connectivity index (χ0n) is 16.0. The summed E-state index contributed by atoms with van der Waals surface area (Å²) < 4.78 is 11.1. The number of anilines is 1. The van der Waals surface area contributed by atoms with Crippen LogP contribution in [0.1, 0.15) is 36.7 Å². The number of carbonyl (C=O) groups excluding carboxylic acids is 1. The Morgan fingerprint density at radius 3 is 2.30 bits per heavy atom. The molecule has 1 aliphatic heterocycles. The van der Waals surface area contributed by atoms with Gasteiger partial charge in [-0.1, -0.05) is 0 Å². The first-order valence-corrected chi connectivity index (χ1v) is 9.22. The van der Waals surface area contributed by atoms with Gasteiger partial charge in [-0.2, -0.15) is 5.10 Å². The van der Waals surface area contributed by atoms with Crippen LogP contribution >= 0.6 is 0 Å². The Bertz CT molecular complexity index is 827. The highest BCUT2D eigenvalue weighted by molar-refractivity contribution is 6.01. The number of benzene rings is 2. The molecule has 0 aliphatic carbocycles. The normalized spacial score (nSPS) is 13.2. The van der Waals surface area contributed by atoms with Crippen molar-refractivity contribution in [1.29, 1.82) is 0 Å². The number of ether oxygens (including phenoxy) is 2. The quantitative estimate of drug-likeness (QED) is 0.627. The fraction of sp³-hybridized carbons (Fsp3) is 0.333. The summed E-state index contributed by atoms with van der Waals surface area (Å²) in [6, 6.07) is 13.2. The lowest BCUT2D eigenvalue weighted by Crippen LogP contribution is -2.22. The molecule has 6 heteroatoms. The second-order valence-corrected chi connectivity index (χ2v) is 6.22. The maximum atomic E-state index is 12.4. The molecular formula is C21H25N3O3. The van der Waals surface area contributed by atoms with Crippen molar-refractivity contribution in [2.24, 2.45) is 5.10 Å². The number of hydrazone groups is 1. The number of fused-ring (bicyclic) bond motifs is 1. The van der Waals surface area contributed by atoms with Gasteiger partial charge in [-0.15, -0.1) is 0 Å². The van der Waals surface area contributed by atoms with Crippen molar-refractivity contribution in [3.8, 4) is 11.5 Å². The summed E-state index contributed by atoms with van der Waals surface area (Å²) in [5, 5.41) is 4.22. The lowest BCUT2D eigenvalue weighted by atomic mass is 10.1. The second-order valence-electron chi connectivity index (χ2n) is 6.22. The SMILES string of the molecule is CCN(CC)c1ccc(C(=O)N/N=C(\C)c2ccc3c(c2)OCCO3)cc1. The van der Waals surface area contributed by atoms with Crippen LogP contribution in [0.25, 0.3) is 0 Å². The van der Waals surface area contributed by atoms with Crippen LogP contribution in [0.15, 0.2) is 47.6 Å². The van der Waals surface area contributed by atoms with E-state index in [4.69, 9.17) is 9.47 Å². The number of carbonyl (C=O) groups is 1. The number of amides is 1. The third-order valence-electron chi connectivity index (χ3n) is 4.54. The Hall–Kier alpha value is -3.02. The van der Waals surface area contributed by atoms with Gasteiger partial charge in [-0.05, 0) is 63.2 Å². The van der Waals surface area contributed by atoms with Crippen LogP contribution in [0.2, 0.25) is 0 Å². The number of nitrogens with zero attached hydrogens (tertiary/aromatic N) is 2. The molecule has 1 amide bonds. The molecule has 0 unspecified atom stereocenters. The number of hydrogen-bond donors (Lipinski definition) is 1. The smallest absolute Gasteiger partial charge is 0.271 e. The summed E-state index contributed by atoms with van der Waals surface area (Å²) in [6.45, 7) is 9.02. The highest BCUT2D eigenvalue weighted by Crippen LogP contribution is 2.30. The van der Waals surface area contributed by atoms with Gasteiger partial charge in [0, 0.05) is 29.9 Å². The van der Waals surface area contributed by atoms with E-state index in [-0.39, 0.29) is 5.91 Å². The maximum absolute atomic E-state index is 12.4. The van der Waals surface area contributed by atoms with Crippen molar-refractivity contribution in [2.45, 2.75) is 20.8 Å². The summed E-state index contributed by atoms with van der Waals surface area (Å²) >= 11 is 0. The Morgan fingerprint density at radius 1 is 1.00 bits per heavy atom. The zero-order valence-corrected chi connectivity index (χ0v) is 16.0. The molecule has 1 N–H and O–H groups in total. The average molecular weight is 367 g/mol. The topological polar surface area (TPSA) is 63.2 Å². The van der Waals surface area contributed by atoms with Crippen LogP contribution in [-0.2, 0) is 0 Å². The summed E-state index contributed by atoms with van der Waals surface area (Å²) in [5.74, 6) is 1.19. The van der Waals surface area contributed by atoms with Gasteiger partial charge >= 0.3 is 0 Å². The van der Waals surface area contributed by atoms with Crippen molar-refractivity contribution < 1.29 is 14.3 Å². The van der Waals surface area contributed by atoms with Crippen molar-refractivity contribution in [2.75, 3.05) is 31.2 Å². The van der Waals surface area contributed by atoms with Crippen LogP contribution in [0, 0.1) is 0 Å². The molecule has 3 rings (SSSR count). The molecule has 0 bridgehead atoms. The van der Waals surface area contributed by atoms with Crippen LogP contribution < -0.4 is 19.8 Å². The van der Waals surface area contributed by atoms with Gasteiger partial charge in [0.15, 0.2) is 11.5 Å². The molecular weight excluding hydrogens is 342 g/mol. The van der Waals surface area contributed by atoms with Gasteiger partial charge in [0.2, 0.25) is 0 Å². The monoisotopic (exact) mass is 367 g/mol. The third kappa shape index (κ3) is 4.39. The molecule has 0 atom stereocenters. The Balaban J connectivity index is 1.67. The average Bonchev–Trinajstić information content (AvgIpc) is 2.72. The van der Waals surface area contributed by atoms with Crippen molar-refractivity contribution >= 4 is 17.3 Å². The number of rotatable bonds is 6. The van der Waals surface area contributed by atoms with Gasteiger partial charge in [0.1, 0.15) is 13.2 Å². The van der Waals surface area contributed by atoms with Crippen LogP contribution in [0.4, 0.5) is 5.69 Å². The first kappa shape index (κ1) is 18.8. The van der Waals surface area contributed by atoms with Crippen LogP contribution in [0.5, 0.6) is 11.5 Å². The van der Waals surface area contributed by atoms with Gasteiger partial charge in [0.05, 0.1) is 5.71 Å². The molecule has 0 aromatic heterocycles. The highest BCUT2D eigenvalue weighted by Gasteiger charge is 2.13. The van der Waals surface area contributed by atoms with E-state index in [0.717, 1.165) is 30.1 Å². The Labute approximate surface area is 159 Å². The Morgan fingerprint density at radius 2 is 1.63 bits per heavy atom. The summed E-state index contributed by atoms with van der Waals surface area (Å²) in [4.78, 5) is 14.6. The molecule has 2 aromatic rings. The minimum atomic E-state index is -0.238. The zero-order chi connectivity index (χ0) is 19.2. The minimum Gasteiger partial charge on any atom is -0.486 e. The summed E-state index contributed by atoms with van der Waals surface area (Å²) in [6.07, 6.45) is 0. The van der Waals surface area contributed by atoms with Gasteiger partial charge in [-0.25, -0.2) is 5.43 Å². The van der Waals surface area contributed by atoms with Gasteiger partial charge in [-0.3, -0.25) is 4.79 Å². The standard InChI is InChI=1S/C21H25N3O3/c1-4-24(5-2)18-9-6-16(7-10-18)21(25)23-22-15(3)17-8-11-19-20(14-17)27-13-12-26-19/h6-11,14H,4-5,12-13H2,1-3H3,(H,23,25)/b22-15+. The molecule has 1 aliphatic rings. The first-order chi connectivity index (χ1) is 13.1. The molecule has 1 heterocycles. The van der Waals surface area contributed by atoms with E-state index in [1.54, 1.807) is 0 Å². The highest BCUT2D eigenvalue weighted by atomic mass is 16.6. The molecule has 0 saturated heterocycles. The third-order valence-corrected chi connectivity index (χ3v) is 4.54.